The van der Waals surface area contributed by atoms with Crippen molar-refractivity contribution < 1.29 is 14.3 Å². The number of ether oxygens (including phenoxy) is 1. The molecular weight excluding hydrogens is 400 g/mol. The normalized spacial score (nSPS) is 17.4. The fraction of sp³-hybridized carbons (Fsp3) is 0.259. The van der Waals surface area contributed by atoms with Crippen molar-refractivity contribution in [3.8, 4) is 5.75 Å². The minimum Gasteiger partial charge on any atom is -0.497 e. The van der Waals surface area contributed by atoms with Crippen LogP contribution >= 0.6 is 0 Å². The predicted molar refractivity (Wildman–Crippen MR) is 127 cm³/mol. The molecule has 0 aliphatic carbocycles. The molecule has 3 aromatic carbocycles. The van der Waals surface area contributed by atoms with E-state index in [4.69, 9.17) is 4.74 Å². The van der Waals surface area contributed by atoms with Crippen LogP contribution in [-0.2, 0) is 4.79 Å². The van der Waals surface area contributed by atoms with Gasteiger partial charge in [-0.2, -0.15) is 0 Å². The first-order valence-electron chi connectivity index (χ1n) is 11.0. The average molecular weight is 429 g/mol. The molecule has 3 aromatic rings. The maximum Gasteiger partial charge on any atom is 0.258 e. The van der Waals surface area contributed by atoms with Crippen LogP contribution in [-0.4, -0.2) is 25.0 Å². The van der Waals surface area contributed by atoms with E-state index >= 15 is 0 Å². The Morgan fingerprint density at radius 1 is 0.969 bits per heavy atom. The fourth-order valence-corrected chi connectivity index (χ4v) is 4.47. The Labute approximate surface area is 189 Å². The van der Waals surface area contributed by atoms with E-state index in [-0.39, 0.29) is 23.9 Å². The molecule has 0 spiro atoms. The molecule has 1 aliphatic heterocycles. The summed E-state index contributed by atoms with van der Waals surface area (Å²) in [5.41, 5.74) is 3.32. The van der Waals surface area contributed by atoms with Gasteiger partial charge in [0.15, 0.2) is 0 Å². The number of hydrogen-bond acceptors (Lipinski definition) is 3. The lowest BCUT2D eigenvalue weighted by Crippen LogP contribution is -2.47. The number of nitrogens with zero attached hydrogens (tertiary/aromatic N) is 2. The van der Waals surface area contributed by atoms with Gasteiger partial charge in [0.2, 0.25) is 5.91 Å². The highest BCUT2D eigenvalue weighted by atomic mass is 16.5. The number of carbonyl (C=O) groups is 2. The summed E-state index contributed by atoms with van der Waals surface area (Å²) in [6, 6.07) is 24.6. The third kappa shape index (κ3) is 3.98. The van der Waals surface area contributed by atoms with Gasteiger partial charge in [-0.25, -0.2) is 0 Å². The smallest absolute Gasteiger partial charge is 0.258 e. The Morgan fingerprint density at radius 2 is 1.62 bits per heavy atom. The van der Waals surface area contributed by atoms with Gasteiger partial charge in [0.25, 0.3) is 5.91 Å². The van der Waals surface area contributed by atoms with Crippen LogP contribution < -0.4 is 14.5 Å². The lowest BCUT2D eigenvalue weighted by molar-refractivity contribution is -0.118. The monoisotopic (exact) mass is 428 g/mol. The molecule has 5 heteroatoms. The topological polar surface area (TPSA) is 49.9 Å². The second kappa shape index (κ2) is 9.27. The van der Waals surface area contributed by atoms with Gasteiger partial charge in [0, 0.05) is 29.4 Å². The van der Waals surface area contributed by atoms with Crippen molar-refractivity contribution in [1.82, 2.24) is 0 Å². The lowest BCUT2D eigenvalue weighted by atomic mass is 9.89. The van der Waals surface area contributed by atoms with Crippen LogP contribution in [0, 0.1) is 0 Å². The van der Waals surface area contributed by atoms with Crippen LogP contribution in [0.1, 0.15) is 48.7 Å². The Morgan fingerprint density at radius 3 is 2.28 bits per heavy atom. The van der Waals surface area contributed by atoms with E-state index in [9.17, 15) is 9.59 Å². The first kappa shape index (κ1) is 21.6. The Hall–Kier alpha value is -3.60. The van der Waals surface area contributed by atoms with Crippen molar-refractivity contribution in [1.29, 1.82) is 0 Å². The van der Waals surface area contributed by atoms with E-state index in [2.05, 4.69) is 0 Å². The third-order valence-corrected chi connectivity index (χ3v) is 6.03. The zero-order valence-corrected chi connectivity index (χ0v) is 18.7. The number of carbonyl (C=O) groups excluding carboxylic acids is 2. The van der Waals surface area contributed by atoms with Gasteiger partial charge in [0.1, 0.15) is 5.75 Å². The summed E-state index contributed by atoms with van der Waals surface area (Å²) in [7, 11) is 1.61. The SMILES string of the molecule is CCC(=O)N(c1ccccc1)[C@H]1C[C@H](C)N(C(=O)c2ccc(OC)cc2)c2ccccc21. The molecule has 0 unspecified atom stereocenters. The molecule has 1 aliphatic rings. The van der Waals surface area contributed by atoms with Crippen molar-refractivity contribution in [2.45, 2.75) is 38.8 Å². The molecule has 0 saturated heterocycles. The lowest BCUT2D eigenvalue weighted by Gasteiger charge is -2.43. The van der Waals surface area contributed by atoms with Crippen molar-refractivity contribution in [3.63, 3.8) is 0 Å². The Bertz CT molecular complexity index is 1100. The van der Waals surface area contributed by atoms with E-state index in [0.29, 0.717) is 24.2 Å². The number of para-hydroxylation sites is 2. The van der Waals surface area contributed by atoms with Crippen LogP contribution in [0.15, 0.2) is 78.9 Å². The molecule has 4 rings (SSSR count). The van der Waals surface area contributed by atoms with Crippen LogP contribution in [0.2, 0.25) is 0 Å². The molecule has 0 fully saturated rings. The molecule has 164 valence electrons. The molecule has 0 aromatic heterocycles. The van der Waals surface area contributed by atoms with Gasteiger partial charge in [-0.1, -0.05) is 43.3 Å². The zero-order chi connectivity index (χ0) is 22.7. The van der Waals surface area contributed by atoms with Gasteiger partial charge in [-0.15, -0.1) is 0 Å². The summed E-state index contributed by atoms with van der Waals surface area (Å²) in [6.45, 7) is 3.93. The van der Waals surface area contributed by atoms with Gasteiger partial charge >= 0.3 is 0 Å². The number of methoxy groups -OCH3 is 1. The third-order valence-electron chi connectivity index (χ3n) is 6.03. The molecule has 5 nitrogen and oxygen atoms in total. The largest absolute Gasteiger partial charge is 0.497 e. The van der Waals surface area contributed by atoms with Crippen LogP contribution in [0.25, 0.3) is 0 Å². The first-order valence-corrected chi connectivity index (χ1v) is 11.0. The highest BCUT2D eigenvalue weighted by Crippen LogP contribution is 2.42. The van der Waals surface area contributed by atoms with Crippen LogP contribution in [0.5, 0.6) is 5.75 Å². The zero-order valence-electron chi connectivity index (χ0n) is 18.7. The van der Waals surface area contributed by atoms with Gasteiger partial charge in [0.05, 0.1) is 13.2 Å². The minimum atomic E-state index is -0.143. The van der Waals surface area contributed by atoms with E-state index in [0.717, 1.165) is 16.9 Å². The van der Waals surface area contributed by atoms with Crippen LogP contribution in [0.3, 0.4) is 0 Å². The summed E-state index contributed by atoms with van der Waals surface area (Å²) < 4.78 is 5.22. The standard InChI is InChI=1S/C27H28N2O3/c1-4-26(30)29(21-10-6-5-7-11-21)25-18-19(2)28(24-13-9-8-12-23(24)25)27(31)20-14-16-22(32-3)17-15-20/h5-17,19,25H,4,18H2,1-3H3/t19-,25-/m0/s1. The van der Waals surface area contributed by atoms with Gasteiger partial charge < -0.3 is 14.5 Å². The predicted octanol–water partition coefficient (Wildman–Crippen LogP) is 5.62. The molecular formula is C27H28N2O3. The highest BCUT2D eigenvalue weighted by molar-refractivity contribution is 6.07. The van der Waals surface area contributed by atoms with Gasteiger partial charge in [-0.05, 0) is 61.4 Å². The van der Waals surface area contributed by atoms with Crippen molar-refractivity contribution in [2.75, 3.05) is 16.9 Å². The number of benzene rings is 3. The molecule has 1 heterocycles. The van der Waals surface area contributed by atoms with E-state index in [1.165, 1.54) is 0 Å². The fourth-order valence-electron chi connectivity index (χ4n) is 4.47. The molecule has 0 radical (unpaired) electrons. The average Bonchev–Trinajstić information content (AvgIpc) is 2.84. The molecule has 2 amide bonds. The molecule has 0 saturated carbocycles. The maximum absolute atomic E-state index is 13.5. The maximum atomic E-state index is 13.5. The van der Waals surface area contributed by atoms with E-state index in [1.807, 2.05) is 78.2 Å². The number of amides is 2. The minimum absolute atomic E-state index is 0.0564. The number of rotatable bonds is 5. The number of fused-ring (bicyclic) bond motifs is 1. The summed E-state index contributed by atoms with van der Waals surface area (Å²) in [6.07, 6.45) is 1.07. The second-order valence-corrected chi connectivity index (χ2v) is 8.02. The second-order valence-electron chi connectivity index (χ2n) is 8.02. The van der Waals surface area contributed by atoms with E-state index < -0.39 is 0 Å². The Kier molecular flexibility index (Phi) is 6.26. The highest BCUT2D eigenvalue weighted by Gasteiger charge is 2.38. The van der Waals surface area contributed by atoms with E-state index in [1.54, 1.807) is 31.4 Å². The van der Waals surface area contributed by atoms with Crippen molar-refractivity contribution in [3.05, 3.63) is 90.0 Å². The first-order chi connectivity index (χ1) is 15.5. The molecule has 32 heavy (non-hydrogen) atoms. The molecule has 2 atom stereocenters. The summed E-state index contributed by atoms with van der Waals surface area (Å²) in [5, 5.41) is 0. The van der Waals surface area contributed by atoms with Crippen LogP contribution in [0.4, 0.5) is 11.4 Å². The van der Waals surface area contributed by atoms with Gasteiger partial charge in [-0.3, -0.25) is 9.59 Å². The van der Waals surface area contributed by atoms with Crippen molar-refractivity contribution >= 4 is 23.2 Å². The van der Waals surface area contributed by atoms with Crippen molar-refractivity contribution in [2.24, 2.45) is 0 Å². The number of anilines is 2. The Balaban J connectivity index is 1.76. The molecule has 0 bridgehead atoms. The quantitative estimate of drug-likeness (QED) is 0.530. The summed E-state index contributed by atoms with van der Waals surface area (Å²) in [5.74, 6) is 0.725. The summed E-state index contributed by atoms with van der Waals surface area (Å²) in [4.78, 5) is 30.3. The summed E-state index contributed by atoms with van der Waals surface area (Å²) >= 11 is 0. The molecule has 0 N–H and O–H groups in total. The number of hydrogen-bond donors (Lipinski definition) is 0.